The molecule has 0 saturated heterocycles. The van der Waals surface area contributed by atoms with E-state index in [0.29, 0.717) is 11.2 Å². The van der Waals surface area contributed by atoms with Crippen molar-refractivity contribution in [3.63, 3.8) is 0 Å². The number of rotatable bonds is 5. The number of primary amides is 1. The molecule has 6 nitrogen and oxygen atoms in total. The molecule has 0 radical (unpaired) electrons. The van der Waals surface area contributed by atoms with Crippen LogP contribution in [0.5, 0.6) is 0 Å². The zero-order chi connectivity index (χ0) is 14.9. The van der Waals surface area contributed by atoms with Gasteiger partial charge in [-0.1, -0.05) is 0 Å². The molecule has 2 rings (SSSR count). The second-order valence-electron chi connectivity index (χ2n) is 4.33. The smallest absolute Gasteiger partial charge is 0.262 e. The number of aldehydes is 1. The molecule has 104 valence electrons. The van der Waals surface area contributed by atoms with Crippen molar-refractivity contribution in [2.24, 2.45) is 5.73 Å². The molecule has 0 aliphatic carbocycles. The van der Waals surface area contributed by atoms with Crippen molar-refractivity contribution in [2.75, 3.05) is 0 Å². The molecule has 1 aliphatic heterocycles. The van der Waals surface area contributed by atoms with Crippen LogP contribution in [0, 0.1) is 5.82 Å². The topological polar surface area (TPSA) is 97.5 Å². The van der Waals surface area contributed by atoms with Gasteiger partial charge in [0.1, 0.15) is 18.1 Å². The molecule has 0 aromatic heterocycles. The Labute approximate surface area is 113 Å². The number of amides is 3. The summed E-state index contributed by atoms with van der Waals surface area (Å²) < 4.78 is 13.1. The third kappa shape index (κ3) is 2.18. The van der Waals surface area contributed by atoms with Crippen LogP contribution in [0.2, 0.25) is 0 Å². The summed E-state index contributed by atoms with van der Waals surface area (Å²) >= 11 is 0. The molecular weight excluding hydrogens is 267 g/mol. The van der Waals surface area contributed by atoms with Crippen LogP contribution < -0.4 is 5.73 Å². The Morgan fingerprint density at radius 3 is 2.55 bits per heavy atom. The first-order chi connectivity index (χ1) is 9.47. The molecule has 2 N–H and O–H groups in total. The summed E-state index contributed by atoms with van der Waals surface area (Å²) in [6.45, 7) is 0. The maximum Gasteiger partial charge on any atom is 0.262 e. The van der Waals surface area contributed by atoms with Crippen molar-refractivity contribution in [1.82, 2.24) is 4.90 Å². The molecule has 0 bridgehead atoms. The van der Waals surface area contributed by atoms with Gasteiger partial charge in [-0.25, -0.2) is 4.39 Å². The van der Waals surface area contributed by atoms with Gasteiger partial charge in [-0.2, -0.15) is 0 Å². The first-order valence-corrected chi connectivity index (χ1v) is 5.87. The van der Waals surface area contributed by atoms with E-state index in [2.05, 4.69) is 0 Å². The fraction of sp³-hybridized carbons (Fsp3) is 0.231. The lowest BCUT2D eigenvalue weighted by molar-refractivity contribution is -0.122. The Hall–Kier alpha value is -2.57. The second-order valence-corrected chi connectivity index (χ2v) is 4.33. The molecule has 0 spiro atoms. The molecule has 3 amide bonds. The summed E-state index contributed by atoms with van der Waals surface area (Å²) in [5.74, 6) is -3.03. The molecule has 20 heavy (non-hydrogen) atoms. The Morgan fingerprint density at radius 1 is 1.30 bits per heavy atom. The van der Waals surface area contributed by atoms with Gasteiger partial charge < -0.3 is 10.5 Å². The van der Waals surface area contributed by atoms with Gasteiger partial charge in [0.2, 0.25) is 5.91 Å². The van der Waals surface area contributed by atoms with Crippen LogP contribution in [0.25, 0.3) is 0 Å². The molecule has 1 unspecified atom stereocenters. The Kier molecular flexibility index (Phi) is 3.60. The van der Waals surface area contributed by atoms with E-state index < -0.39 is 29.6 Å². The molecule has 1 aromatic carbocycles. The summed E-state index contributed by atoms with van der Waals surface area (Å²) in [6.07, 6.45) is 0.496. The summed E-state index contributed by atoms with van der Waals surface area (Å²) in [6, 6.07) is 1.96. The lowest BCUT2D eigenvalue weighted by atomic mass is 10.1. The van der Waals surface area contributed by atoms with E-state index in [-0.39, 0.29) is 24.0 Å². The Bertz CT molecular complexity index is 614. The average Bonchev–Trinajstić information content (AvgIpc) is 2.63. The molecule has 1 heterocycles. The Balaban J connectivity index is 2.39. The number of carbonyl (C=O) groups is 4. The third-order valence-electron chi connectivity index (χ3n) is 3.08. The van der Waals surface area contributed by atoms with E-state index in [0.717, 1.165) is 12.1 Å². The van der Waals surface area contributed by atoms with Crippen LogP contribution in [0.15, 0.2) is 18.2 Å². The van der Waals surface area contributed by atoms with Gasteiger partial charge >= 0.3 is 0 Å². The van der Waals surface area contributed by atoms with Crippen LogP contribution in [0.4, 0.5) is 4.39 Å². The Morgan fingerprint density at radius 2 is 1.95 bits per heavy atom. The van der Waals surface area contributed by atoms with Gasteiger partial charge in [-0.3, -0.25) is 19.3 Å². The minimum Gasteiger partial charge on any atom is -0.368 e. The van der Waals surface area contributed by atoms with E-state index in [1.807, 2.05) is 0 Å². The molecule has 0 saturated carbocycles. The first-order valence-electron chi connectivity index (χ1n) is 5.87. The SMILES string of the molecule is NC(=O)C(CCC=O)N1C(=O)c2ccc(F)cc2C1=O. The predicted octanol–water partition coefficient (Wildman–Crippen LogP) is 0.255. The second kappa shape index (κ2) is 5.20. The van der Waals surface area contributed by atoms with Crippen molar-refractivity contribution < 1.29 is 23.6 Å². The number of nitrogens with zero attached hydrogens (tertiary/aromatic N) is 1. The molecule has 0 fully saturated rings. The summed E-state index contributed by atoms with van der Waals surface area (Å²) in [5.41, 5.74) is 5.09. The summed E-state index contributed by atoms with van der Waals surface area (Å²) in [5, 5.41) is 0. The predicted molar refractivity (Wildman–Crippen MR) is 65.2 cm³/mol. The quantitative estimate of drug-likeness (QED) is 0.616. The molecule has 1 aromatic rings. The van der Waals surface area contributed by atoms with Crippen molar-refractivity contribution in [1.29, 1.82) is 0 Å². The fourth-order valence-electron chi connectivity index (χ4n) is 2.14. The standard InChI is InChI=1S/C13H11FN2O4/c14-7-3-4-8-9(6-7)13(20)16(12(8)19)10(11(15)18)2-1-5-17/h3-6,10H,1-2H2,(H2,15,18). The van der Waals surface area contributed by atoms with Crippen molar-refractivity contribution >= 4 is 24.0 Å². The van der Waals surface area contributed by atoms with Crippen LogP contribution in [-0.4, -0.2) is 34.9 Å². The largest absolute Gasteiger partial charge is 0.368 e. The van der Waals surface area contributed by atoms with Gasteiger partial charge in [0.05, 0.1) is 11.1 Å². The van der Waals surface area contributed by atoms with Crippen LogP contribution in [0.1, 0.15) is 33.6 Å². The number of hydrogen-bond acceptors (Lipinski definition) is 4. The molecule has 1 aliphatic rings. The van der Waals surface area contributed by atoms with Gasteiger partial charge in [-0.15, -0.1) is 0 Å². The minimum absolute atomic E-state index is 0.0185. The molecule has 1 atom stereocenters. The number of nitrogens with two attached hydrogens (primary N) is 1. The van der Waals surface area contributed by atoms with Gasteiger partial charge in [-0.05, 0) is 24.6 Å². The number of hydrogen-bond donors (Lipinski definition) is 1. The number of carbonyl (C=O) groups excluding carboxylic acids is 4. The highest BCUT2D eigenvalue weighted by Crippen LogP contribution is 2.26. The number of benzene rings is 1. The highest BCUT2D eigenvalue weighted by atomic mass is 19.1. The number of imide groups is 1. The van der Waals surface area contributed by atoms with Crippen molar-refractivity contribution in [2.45, 2.75) is 18.9 Å². The zero-order valence-corrected chi connectivity index (χ0v) is 10.3. The highest BCUT2D eigenvalue weighted by Gasteiger charge is 2.42. The van der Waals surface area contributed by atoms with Gasteiger partial charge in [0.25, 0.3) is 11.8 Å². The maximum absolute atomic E-state index is 13.1. The number of fused-ring (bicyclic) bond motifs is 1. The summed E-state index contributed by atoms with van der Waals surface area (Å²) in [7, 11) is 0. The van der Waals surface area contributed by atoms with Gasteiger partial charge in [0.15, 0.2) is 0 Å². The van der Waals surface area contributed by atoms with Crippen LogP contribution in [0.3, 0.4) is 0 Å². The average molecular weight is 278 g/mol. The van der Waals surface area contributed by atoms with Crippen molar-refractivity contribution in [3.8, 4) is 0 Å². The lowest BCUT2D eigenvalue weighted by Crippen LogP contribution is -2.47. The van der Waals surface area contributed by atoms with E-state index in [4.69, 9.17) is 5.73 Å². The van der Waals surface area contributed by atoms with E-state index in [9.17, 15) is 23.6 Å². The molecule has 7 heteroatoms. The van der Waals surface area contributed by atoms with Crippen LogP contribution >= 0.6 is 0 Å². The summed E-state index contributed by atoms with van der Waals surface area (Å²) in [4.78, 5) is 46.7. The molecular formula is C13H11FN2O4. The van der Waals surface area contributed by atoms with E-state index in [1.165, 1.54) is 6.07 Å². The fourth-order valence-corrected chi connectivity index (χ4v) is 2.14. The highest BCUT2D eigenvalue weighted by molar-refractivity contribution is 6.22. The van der Waals surface area contributed by atoms with Crippen LogP contribution in [-0.2, 0) is 9.59 Å². The maximum atomic E-state index is 13.1. The van der Waals surface area contributed by atoms with E-state index in [1.54, 1.807) is 0 Å². The normalized spacial score (nSPS) is 15.2. The minimum atomic E-state index is -1.21. The zero-order valence-electron chi connectivity index (χ0n) is 10.3. The van der Waals surface area contributed by atoms with E-state index >= 15 is 0 Å². The lowest BCUT2D eigenvalue weighted by Gasteiger charge is -2.22. The monoisotopic (exact) mass is 278 g/mol. The first kappa shape index (κ1) is 13.9. The van der Waals surface area contributed by atoms with Crippen molar-refractivity contribution in [3.05, 3.63) is 35.1 Å². The number of halogens is 1. The van der Waals surface area contributed by atoms with Gasteiger partial charge in [0, 0.05) is 6.42 Å². The third-order valence-corrected chi connectivity index (χ3v) is 3.08.